The molecule has 3 N–H and O–H groups in total. The van der Waals surface area contributed by atoms with Gasteiger partial charge in [0.2, 0.25) is 5.91 Å². The predicted octanol–water partition coefficient (Wildman–Crippen LogP) is 0.514. The van der Waals surface area contributed by atoms with Gasteiger partial charge in [-0.2, -0.15) is 0 Å². The summed E-state index contributed by atoms with van der Waals surface area (Å²) in [5.41, 5.74) is 4.84. The number of hydrogen-bond donors (Lipinski definition) is 2. The maximum atomic E-state index is 11.1. The lowest BCUT2D eigenvalue weighted by atomic mass is 9.92. The molecule has 0 saturated carbocycles. The molecule has 88 valence electrons. The van der Waals surface area contributed by atoms with Gasteiger partial charge in [0.15, 0.2) is 0 Å². The molecule has 0 spiro atoms. The van der Waals surface area contributed by atoms with Crippen LogP contribution in [-0.2, 0) is 9.53 Å². The number of nitrogens with two attached hydrogens (primary N) is 1. The summed E-state index contributed by atoms with van der Waals surface area (Å²) in [6.45, 7) is 7.08. The minimum Gasteiger partial charge on any atom is -0.381 e. The van der Waals surface area contributed by atoms with Gasteiger partial charge in [-0.25, -0.2) is 0 Å². The summed E-state index contributed by atoms with van der Waals surface area (Å²) in [7, 11) is 0. The minimum absolute atomic E-state index is 0.248. The first-order chi connectivity index (χ1) is 7.02. The van der Waals surface area contributed by atoms with Gasteiger partial charge in [0.05, 0.1) is 5.41 Å². The summed E-state index contributed by atoms with van der Waals surface area (Å²) in [5, 5.41) is 3.32. The fraction of sp³-hybridized carbons (Fsp3) is 0.909. The molecule has 1 aliphatic rings. The monoisotopic (exact) mass is 214 g/mol. The van der Waals surface area contributed by atoms with Gasteiger partial charge in [0.1, 0.15) is 0 Å². The SMILES string of the molecule is CC(C)(CNCC1CCOCC1)C(N)=O. The van der Waals surface area contributed by atoms with Gasteiger partial charge in [0, 0.05) is 19.8 Å². The van der Waals surface area contributed by atoms with E-state index in [1.165, 1.54) is 0 Å². The standard InChI is InChI=1S/C11H22N2O2/c1-11(2,10(12)14)8-13-7-9-3-5-15-6-4-9/h9,13H,3-8H2,1-2H3,(H2,12,14). The van der Waals surface area contributed by atoms with E-state index in [2.05, 4.69) is 5.32 Å². The molecule has 4 heteroatoms. The second kappa shape index (κ2) is 5.47. The van der Waals surface area contributed by atoms with E-state index in [1.54, 1.807) is 0 Å². The van der Waals surface area contributed by atoms with Gasteiger partial charge in [0.25, 0.3) is 0 Å². The Bertz CT molecular complexity index is 211. The number of primary amides is 1. The average molecular weight is 214 g/mol. The zero-order chi connectivity index (χ0) is 11.3. The van der Waals surface area contributed by atoms with E-state index in [-0.39, 0.29) is 5.91 Å². The molecule has 1 fully saturated rings. The quantitative estimate of drug-likeness (QED) is 0.701. The fourth-order valence-electron chi connectivity index (χ4n) is 1.63. The Labute approximate surface area is 91.5 Å². The maximum absolute atomic E-state index is 11.1. The molecule has 0 unspecified atom stereocenters. The number of rotatable bonds is 5. The lowest BCUT2D eigenvalue weighted by Gasteiger charge is -2.25. The smallest absolute Gasteiger partial charge is 0.224 e. The lowest BCUT2D eigenvalue weighted by molar-refractivity contribution is -0.125. The number of nitrogens with one attached hydrogen (secondary N) is 1. The molecule has 0 aromatic carbocycles. The molecule has 0 aliphatic carbocycles. The van der Waals surface area contributed by atoms with E-state index in [4.69, 9.17) is 10.5 Å². The molecule has 1 amide bonds. The Balaban J connectivity index is 2.17. The number of amides is 1. The van der Waals surface area contributed by atoms with Crippen molar-refractivity contribution < 1.29 is 9.53 Å². The molecule has 0 atom stereocenters. The van der Waals surface area contributed by atoms with Crippen LogP contribution in [0.4, 0.5) is 0 Å². The van der Waals surface area contributed by atoms with Gasteiger partial charge in [-0.15, -0.1) is 0 Å². The third kappa shape index (κ3) is 4.18. The van der Waals surface area contributed by atoms with Crippen molar-refractivity contribution >= 4 is 5.91 Å². The van der Waals surface area contributed by atoms with Crippen molar-refractivity contribution in [1.82, 2.24) is 5.32 Å². The highest BCUT2D eigenvalue weighted by Crippen LogP contribution is 2.15. The van der Waals surface area contributed by atoms with Crippen LogP contribution in [0.15, 0.2) is 0 Å². The number of carbonyl (C=O) groups excluding carboxylic acids is 1. The van der Waals surface area contributed by atoms with E-state index < -0.39 is 5.41 Å². The summed E-state index contributed by atoms with van der Waals surface area (Å²) < 4.78 is 5.28. The average Bonchev–Trinajstić information content (AvgIpc) is 2.19. The summed E-state index contributed by atoms with van der Waals surface area (Å²) in [6, 6.07) is 0. The normalized spacial score (nSPS) is 19.1. The Morgan fingerprint density at radius 2 is 2.07 bits per heavy atom. The first kappa shape index (κ1) is 12.5. The second-order valence-corrected chi connectivity index (χ2v) is 4.93. The Kier molecular flexibility index (Phi) is 4.54. The maximum Gasteiger partial charge on any atom is 0.224 e. The first-order valence-corrected chi connectivity index (χ1v) is 5.61. The van der Waals surface area contributed by atoms with E-state index in [0.29, 0.717) is 12.5 Å². The number of hydrogen-bond acceptors (Lipinski definition) is 3. The molecule has 1 heterocycles. The van der Waals surface area contributed by atoms with Gasteiger partial charge in [-0.05, 0) is 39.2 Å². The molecular weight excluding hydrogens is 192 g/mol. The predicted molar refractivity (Wildman–Crippen MR) is 59.4 cm³/mol. The fourth-order valence-corrected chi connectivity index (χ4v) is 1.63. The van der Waals surface area contributed by atoms with Gasteiger partial charge in [-0.3, -0.25) is 4.79 Å². The minimum atomic E-state index is -0.453. The third-order valence-electron chi connectivity index (χ3n) is 3.01. The molecule has 0 radical (unpaired) electrons. The highest BCUT2D eigenvalue weighted by atomic mass is 16.5. The first-order valence-electron chi connectivity index (χ1n) is 5.61. The van der Waals surface area contributed by atoms with Crippen molar-refractivity contribution in [3.63, 3.8) is 0 Å². The van der Waals surface area contributed by atoms with Crippen LogP contribution in [-0.4, -0.2) is 32.2 Å². The summed E-state index contributed by atoms with van der Waals surface area (Å²) >= 11 is 0. The van der Waals surface area contributed by atoms with E-state index >= 15 is 0 Å². The van der Waals surface area contributed by atoms with Gasteiger partial charge >= 0.3 is 0 Å². The Hall–Kier alpha value is -0.610. The van der Waals surface area contributed by atoms with Crippen molar-refractivity contribution in [3.05, 3.63) is 0 Å². The van der Waals surface area contributed by atoms with Crippen LogP contribution < -0.4 is 11.1 Å². The zero-order valence-electron chi connectivity index (χ0n) is 9.71. The molecule has 0 aromatic rings. The van der Waals surface area contributed by atoms with Crippen LogP contribution in [0.5, 0.6) is 0 Å². The molecule has 1 aliphatic heterocycles. The number of ether oxygens (including phenoxy) is 1. The third-order valence-corrected chi connectivity index (χ3v) is 3.01. The molecule has 0 aromatic heterocycles. The highest BCUT2D eigenvalue weighted by Gasteiger charge is 2.24. The summed E-state index contributed by atoms with van der Waals surface area (Å²) in [5.74, 6) is 0.435. The van der Waals surface area contributed by atoms with Gasteiger partial charge in [-0.1, -0.05) is 0 Å². The van der Waals surface area contributed by atoms with Crippen molar-refractivity contribution in [3.8, 4) is 0 Å². The molecule has 0 bridgehead atoms. The van der Waals surface area contributed by atoms with Crippen LogP contribution in [0.2, 0.25) is 0 Å². The zero-order valence-corrected chi connectivity index (χ0v) is 9.71. The molecule has 1 saturated heterocycles. The Morgan fingerprint density at radius 1 is 1.47 bits per heavy atom. The van der Waals surface area contributed by atoms with Gasteiger partial charge < -0.3 is 15.8 Å². The van der Waals surface area contributed by atoms with Crippen molar-refractivity contribution in [2.24, 2.45) is 17.1 Å². The largest absolute Gasteiger partial charge is 0.381 e. The topological polar surface area (TPSA) is 64.3 Å². The second-order valence-electron chi connectivity index (χ2n) is 4.93. The molecule has 4 nitrogen and oxygen atoms in total. The van der Waals surface area contributed by atoms with Crippen LogP contribution in [0, 0.1) is 11.3 Å². The molecule has 1 rings (SSSR count). The van der Waals surface area contributed by atoms with Crippen molar-refractivity contribution in [2.45, 2.75) is 26.7 Å². The highest BCUT2D eigenvalue weighted by molar-refractivity contribution is 5.80. The van der Waals surface area contributed by atoms with Crippen LogP contribution >= 0.6 is 0 Å². The molecule has 15 heavy (non-hydrogen) atoms. The summed E-state index contributed by atoms with van der Waals surface area (Å²) in [4.78, 5) is 11.1. The van der Waals surface area contributed by atoms with E-state index in [0.717, 1.165) is 32.6 Å². The van der Waals surface area contributed by atoms with Crippen LogP contribution in [0.3, 0.4) is 0 Å². The van der Waals surface area contributed by atoms with E-state index in [9.17, 15) is 4.79 Å². The molecular formula is C11H22N2O2. The lowest BCUT2D eigenvalue weighted by Crippen LogP contribution is -2.42. The summed E-state index contributed by atoms with van der Waals surface area (Å²) in [6.07, 6.45) is 2.23. The van der Waals surface area contributed by atoms with Crippen LogP contribution in [0.25, 0.3) is 0 Å². The van der Waals surface area contributed by atoms with Crippen LogP contribution in [0.1, 0.15) is 26.7 Å². The Morgan fingerprint density at radius 3 is 2.60 bits per heavy atom. The number of carbonyl (C=O) groups is 1. The van der Waals surface area contributed by atoms with Crippen molar-refractivity contribution in [1.29, 1.82) is 0 Å². The van der Waals surface area contributed by atoms with Crippen molar-refractivity contribution in [2.75, 3.05) is 26.3 Å². The van der Waals surface area contributed by atoms with E-state index in [1.807, 2.05) is 13.8 Å².